The molecule has 142 valence electrons. The standard InChI is InChI=1S/C21H24N2O4/c1-22(2)15-9-7-8-14(12-15)21(25)27-19-13-17(23(3)20(19)24)16-10-5-6-11-18(16)26-4/h5-12,17,19H,13H2,1-4H3/t17-,19-/m0/s1. The van der Waals surface area contributed by atoms with Crippen LogP contribution in [-0.4, -0.2) is 51.1 Å². The summed E-state index contributed by atoms with van der Waals surface area (Å²) in [6.07, 6.45) is -0.408. The van der Waals surface area contributed by atoms with E-state index in [-0.39, 0.29) is 11.9 Å². The first-order valence-electron chi connectivity index (χ1n) is 8.80. The first-order chi connectivity index (χ1) is 12.9. The summed E-state index contributed by atoms with van der Waals surface area (Å²) >= 11 is 0. The molecule has 0 spiro atoms. The summed E-state index contributed by atoms with van der Waals surface area (Å²) in [5.74, 6) is 0.0157. The Balaban J connectivity index is 1.77. The number of ether oxygens (including phenoxy) is 2. The van der Waals surface area contributed by atoms with Crippen molar-refractivity contribution in [2.75, 3.05) is 33.2 Å². The van der Waals surface area contributed by atoms with Crippen molar-refractivity contribution >= 4 is 17.6 Å². The van der Waals surface area contributed by atoms with Crippen LogP contribution in [0.5, 0.6) is 5.75 Å². The van der Waals surface area contributed by atoms with Gasteiger partial charge in [0.15, 0.2) is 6.10 Å². The summed E-state index contributed by atoms with van der Waals surface area (Å²) < 4.78 is 11.0. The number of amides is 1. The molecule has 2 aromatic rings. The topological polar surface area (TPSA) is 59.1 Å². The average Bonchev–Trinajstić information content (AvgIpc) is 2.96. The van der Waals surface area contributed by atoms with Crippen LogP contribution in [0.1, 0.15) is 28.4 Å². The van der Waals surface area contributed by atoms with E-state index in [1.165, 1.54) is 0 Å². The van der Waals surface area contributed by atoms with Gasteiger partial charge in [0, 0.05) is 38.8 Å². The maximum Gasteiger partial charge on any atom is 0.338 e. The second-order valence-corrected chi connectivity index (χ2v) is 6.78. The number of carbonyl (C=O) groups is 2. The highest BCUT2D eigenvalue weighted by atomic mass is 16.5. The molecule has 0 unspecified atom stereocenters. The van der Waals surface area contributed by atoms with Crippen LogP contribution in [0, 0.1) is 0 Å². The van der Waals surface area contributed by atoms with Crippen molar-refractivity contribution in [2.24, 2.45) is 0 Å². The van der Waals surface area contributed by atoms with Crippen LogP contribution in [0.2, 0.25) is 0 Å². The van der Waals surface area contributed by atoms with E-state index in [9.17, 15) is 9.59 Å². The van der Waals surface area contributed by atoms with E-state index in [1.807, 2.05) is 49.3 Å². The fraction of sp³-hybridized carbons (Fsp3) is 0.333. The van der Waals surface area contributed by atoms with Gasteiger partial charge in [0.25, 0.3) is 5.91 Å². The lowest BCUT2D eigenvalue weighted by molar-refractivity contribution is -0.134. The van der Waals surface area contributed by atoms with Crippen LogP contribution >= 0.6 is 0 Å². The Bertz CT molecular complexity index is 850. The molecule has 0 N–H and O–H groups in total. The smallest absolute Gasteiger partial charge is 0.338 e. The molecule has 1 heterocycles. The van der Waals surface area contributed by atoms with E-state index >= 15 is 0 Å². The number of para-hydroxylation sites is 1. The van der Waals surface area contributed by atoms with Crippen LogP contribution in [-0.2, 0) is 9.53 Å². The number of esters is 1. The second-order valence-electron chi connectivity index (χ2n) is 6.78. The minimum absolute atomic E-state index is 0.195. The Labute approximate surface area is 159 Å². The van der Waals surface area contributed by atoms with E-state index in [4.69, 9.17) is 9.47 Å². The molecule has 1 saturated heterocycles. The van der Waals surface area contributed by atoms with Gasteiger partial charge in [-0.2, -0.15) is 0 Å². The number of anilines is 1. The summed E-state index contributed by atoms with van der Waals surface area (Å²) in [7, 11) is 7.13. The van der Waals surface area contributed by atoms with Gasteiger partial charge >= 0.3 is 5.97 Å². The number of likely N-dealkylation sites (tertiary alicyclic amines) is 1. The third-order valence-corrected chi connectivity index (χ3v) is 4.87. The van der Waals surface area contributed by atoms with Crippen molar-refractivity contribution < 1.29 is 19.1 Å². The Morgan fingerprint density at radius 2 is 1.89 bits per heavy atom. The zero-order chi connectivity index (χ0) is 19.6. The van der Waals surface area contributed by atoms with Gasteiger partial charge in [-0.3, -0.25) is 4.79 Å². The number of nitrogens with zero attached hydrogens (tertiary/aromatic N) is 2. The highest BCUT2D eigenvalue weighted by Gasteiger charge is 2.41. The summed E-state index contributed by atoms with van der Waals surface area (Å²) in [5, 5.41) is 0. The third kappa shape index (κ3) is 3.74. The summed E-state index contributed by atoms with van der Waals surface area (Å²) in [5.41, 5.74) is 2.23. The van der Waals surface area contributed by atoms with Crippen molar-refractivity contribution in [2.45, 2.75) is 18.6 Å². The van der Waals surface area contributed by atoms with Gasteiger partial charge in [-0.1, -0.05) is 24.3 Å². The van der Waals surface area contributed by atoms with Gasteiger partial charge in [-0.25, -0.2) is 4.79 Å². The number of likely N-dealkylation sites (N-methyl/N-ethyl adjacent to an activating group) is 1. The van der Waals surface area contributed by atoms with Gasteiger partial charge in [0.2, 0.25) is 0 Å². The fourth-order valence-electron chi connectivity index (χ4n) is 3.33. The molecule has 1 aliphatic heterocycles. The number of benzene rings is 2. The molecule has 2 aromatic carbocycles. The lowest BCUT2D eigenvalue weighted by atomic mass is 10.0. The van der Waals surface area contributed by atoms with Crippen LogP contribution in [0.4, 0.5) is 5.69 Å². The summed E-state index contributed by atoms with van der Waals surface area (Å²) in [6, 6.07) is 14.5. The Morgan fingerprint density at radius 1 is 1.15 bits per heavy atom. The zero-order valence-corrected chi connectivity index (χ0v) is 16.0. The van der Waals surface area contributed by atoms with E-state index in [2.05, 4.69) is 0 Å². The van der Waals surface area contributed by atoms with E-state index < -0.39 is 12.1 Å². The lowest BCUT2D eigenvalue weighted by Gasteiger charge is -2.21. The first kappa shape index (κ1) is 18.8. The average molecular weight is 368 g/mol. The van der Waals surface area contributed by atoms with Gasteiger partial charge in [-0.15, -0.1) is 0 Å². The van der Waals surface area contributed by atoms with Crippen molar-refractivity contribution in [3.8, 4) is 5.75 Å². The number of rotatable bonds is 5. The molecule has 1 fully saturated rings. The van der Waals surface area contributed by atoms with E-state index in [0.717, 1.165) is 11.3 Å². The quantitative estimate of drug-likeness (QED) is 0.760. The fourth-order valence-corrected chi connectivity index (χ4v) is 3.33. The van der Waals surface area contributed by atoms with Gasteiger partial charge in [-0.05, 0) is 24.3 Å². The van der Waals surface area contributed by atoms with Crippen molar-refractivity contribution in [3.63, 3.8) is 0 Å². The van der Waals surface area contributed by atoms with Gasteiger partial charge in [0.05, 0.1) is 18.7 Å². The highest BCUT2D eigenvalue weighted by molar-refractivity contribution is 5.93. The molecular weight excluding hydrogens is 344 g/mol. The minimum atomic E-state index is -0.805. The lowest BCUT2D eigenvalue weighted by Crippen LogP contribution is -2.30. The van der Waals surface area contributed by atoms with Crippen LogP contribution in [0.3, 0.4) is 0 Å². The SMILES string of the molecule is COc1ccccc1[C@@H]1C[C@H](OC(=O)c2cccc(N(C)C)c2)C(=O)N1C. The number of methoxy groups -OCH3 is 1. The molecule has 2 atom stereocenters. The molecule has 0 aliphatic carbocycles. The highest BCUT2D eigenvalue weighted by Crippen LogP contribution is 2.37. The normalized spacial score (nSPS) is 19.1. The maximum absolute atomic E-state index is 12.6. The molecule has 0 radical (unpaired) electrons. The molecule has 1 aliphatic rings. The van der Waals surface area contributed by atoms with Crippen LogP contribution < -0.4 is 9.64 Å². The van der Waals surface area contributed by atoms with Crippen molar-refractivity contribution in [1.29, 1.82) is 0 Å². The molecule has 6 heteroatoms. The Kier molecular flexibility index (Phi) is 5.35. The maximum atomic E-state index is 12.6. The molecule has 0 aromatic heterocycles. The van der Waals surface area contributed by atoms with Crippen LogP contribution in [0.25, 0.3) is 0 Å². The Morgan fingerprint density at radius 3 is 2.59 bits per heavy atom. The summed E-state index contributed by atoms with van der Waals surface area (Å²) in [4.78, 5) is 28.7. The molecule has 27 heavy (non-hydrogen) atoms. The first-order valence-corrected chi connectivity index (χ1v) is 8.80. The predicted molar refractivity (Wildman–Crippen MR) is 103 cm³/mol. The van der Waals surface area contributed by atoms with Crippen molar-refractivity contribution in [3.05, 3.63) is 59.7 Å². The largest absolute Gasteiger partial charge is 0.496 e. The van der Waals surface area contributed by atoms with E-state index in [0.29, 0.717) is 17.7 Å². The second kappa shape index (κ2) is 7.70. The minimum Gasteiger partial charge on any atom is -0.496 e. The number of carbonyl (C=O) groups excluding carboxylic acids is 2. The summed E-state index contributed by atoms with van der Waals surface area (Å²) in [6.45, 7) is 0. The monoisotopic (exact) mass is 368 g/mol. The molecule has 0 bridgehead atoms. The van der Waals surface area contributed by atoms with Gasteiger partial charge < -0.3 is 19.3 Å². The van der Waals surface area contributed by atoms with Gasteiger partial charge in [0.1, 0.15) is 5.75 Å². The molecule has 3 rings (SSSR count). The Hall–Kier alpha value is -3.02. The van der Waals surface area contributed by atoms with Crippen molar-refractivity contribution in [1.82, 2.24) is 4.90 Å². The molecular formula is C21H24N2O4. The molecule has 0 saturated carbocycles. The zero-order valence-electron chi connectivity index (χ0n) is 16.0. The third-order valence-electron chi connectivity index (χ3n) is 4.87. The van der Waals surface area contributed by atoms with Crippen LogP contribution in [0.15, 0.2) is 48.5 Å². The predicted octanol–water partition coefficient (Wildman–Crippen LogP) is 2.89. The van der Waals surface area contributed by atoms with E-state index in [1.54, 1.807) is 37.3 Å². The number of hydrogen-bond acceptors (Lipinski definition) is 5. The molecule has 1 amide bonds. The molecule has 6 nitrogen and oxygen atoms in total. The number of hydrogen-bond donors (Lipinski definition) is 0.